The Hall–Kier alpha value is -1.07. The van der Waals surface area contributed by atoms with Crippen molar-refractivity contribution < 1.29 is 26.7 Å². The molecule has 2 heterocycles. The molecule has 1 aromatic rings. The first-order valence-corrected chi connectivity index (χ1v) is 6.27. The predicted molar refractivity (Wildman–Crippen MR) is 66.9 cm³/mol. The van der Waals surface area contributed by atoms with Crippen molar-refractivity contribution in [1.82, 2.24) is 15.5 Å². The summed E-state index contributed by atoms with van der Waals surface area (Å²) in [6.07, 6.45) is -6.33. The van der Waals surface area contributed by atoms with Crippen LogP contribution in [0.2, 0.25) is 0 Å². The number of rotatable bonds is 3. The Balaban J connectivity index is 0.00000220. The first-order chi connectivity index (χ1) is 9.15. The molecule has 0 aliphatic carbocycles. The third-order valence-corrected chi connectivity index (χ3v) is 3.31. The molecule has 1 atom stereocenters. The Labute approximate surface area is 125 Å². The van der Waals surface area contributed by atoms with E-state index in [0.717, 1.165) is 0 Å². The molecular formula is C9H10ClF5N4OS. The van der Waals surface area contributed by atoms with Crippen LogP contribution in [0.5, 0.6) is 0 Å². The third-order valence-electron chi connectivity index (χ3n) is 2.47. The van der Waals surface area contributed by atoms with Crippen LogP contribution in [0.1, 0.15) is 11.4 Å². The fourth-order valence-corrected chi connectivity index (χ4v) is 2.41. The summed E-state index contributed by atoms with van der Waals surface area (Å²) < 4.78 is 62.1. The molecule has 1 aliphatic rings. The number of halogens is 6. The Morgan fingerprint density at radius 2 is 2.10 bits per heavy atom. The van der Waals surface area contributed by atoms with Gasteiger partial charge in [0.15, 0.2) is 0 Å². The Morgan fingerprint density at radius 1 is 1.43 bits per heavy atom. The van der Waals surface area contributed by atoms with Gasteiger partial charge in [0.05, 0.1) is 19.0 Å². The largest absolute Gasteiger partial charge is 0.395 e. The van der Waals surface area contributed by atoms with Gasteiger partial charge in [-0.2, -0.15) is 13.2 Å². The second kappa shape index (κ2) is 6.36. The summed E-state index contributed by atoms with van der Waals surface area (Å²) in [6, 6.07) is -1.10. The number of hydrogen-bond donors (Lipinski definition) is 2. The summed E-state index contributed by atoms with van der Waals surface area (Å²) in [5, 5.41) is 10.7. The van der Waals surface area contributed by atoms with Gasteiger partial charge in [0, 0.05) is 6.42 Å². The van der Waals surface area contributed by atoms with Crippen molar-refractivity contribution in [3.05, 3.63) is 5.01 Å². The van der Waals surface area contributed by atoms with E-state index >= 15 is 0 Å². The van der Waals surface area contributed by atoms with Crippen molar-refractivity contribution in [2.75, 3.05) is 11.9 Å². The van der Waals surface area contributed by atoms with E-state index in [4.69, 9.17) is 0 Å². The summed E-state index contributed by atoms with van der Waals surface area (Å²) in [6.45, 7) is -0.611. The van der Waals surface area contributed by atoms with Crippen LogP contribution in [0.4, 0.5) is 27.1 Å². The molecule has 0 aromatic carbocycles. The van der Waals surface area contributed by atoms with E-state index < -0.39 is 43.4 Å². The fraction of sp³-hybridized carbons (Fsp3) is 0.667. The van der Waals surface area contributed by atoms with Crippen LogP contribution >= 0.6 is 23.7 Å². The highest BCUT2D eigenvalue weighted by Crippen LogP contribution is 2.27. The SMILES string of the molecule is Cl.O=C(Nc1nnc(CC(F)(F)F)s1)C1CC(F)(F)CN1. The van der Waals surface area contributed by atoms with Crippen LogP contribution in [0, 0.1) is 0 Å². The number of nitrogens with one attached hydrogen (secondary N) is 2. The van der Waals surface area contributed by atoms with E-state index in [2.05, 4.69) is 20.8 Å². The lowest BCUT2D eigenvalue weighted by Gasteiger charge is -2.08. The number of anilines is 1. The molecule has 120 valence electrons. The van der Waals surface area contributed by atoms with Gasteiger partial charge >= 0.3 is 6.18 Å². The van der Waals surface area contributed by atoms with E-state index in [9.17, 15) is 26.7 Å². The molecule has 2 N–H and O–H groups in total. The average Bonchev–Trinajstić information content (AvgIpc) is 2.83. The molecule has 1 saturated heterocycles. The van der Waals surface area contributed by atoms with Gasteiger partial charge < -0.3 is 0 Å². The maximum absolute atomic E-state index is 12.9. The van der Waals surface area contributed by atoms with Crippen LogP contribution < -0.4 is 10.6 Å². The Morgan fingerprint density at radius 3 is 2.62 bits per heavy atom. The van der Waals surface area contributed by atoms with E-state index in [1.165, 1.54) is 0 Å². The summed E-state index contributed by atoms with van der Waals surface area (Å²) in [5.74, 6) is -3.73. The molecular weight excluding hydrogens is 343 g/mol. The number of carbonyl (C=O) groups excluding carboxylic acids is 1. The van der Waals surface area contributed by atoms with Gasteiger partial charge in [-0.1, -0.05) is 11.3 Å². The van der Waals surface area contributed by atoms with Gasteiger partial charge in [0.1, 0.15) is 5.01 Å². The molecule has 0 saturated carbocycles. The van der Waals surface area contributed by atoms with Crippen LogP contribution in [0.3, 0.4) is 0 Å². The van der Waals surface area contributed by atoms with Crippen LogP contribution in [-0.2, 0) is 11.2 Å². The number of amides is 1. The fourth-order valence-electron chi connectivity index (χ4n) is 1.64. The van der Waals surface area contributed by atoms with E-state index in [0.29, 0.717) is 11.3 Å². The number of hydrogen-bond acceptors (Lipinski definition) is 5. The van der Waals surface area contributed by atoms with Gasteiger partial charge in [-0.25, -0.2) is 8.78 Å². The van der Waals surface area contributed by atoms with E-state index in [1.807, 2.05) is 0 Å². The lowest BCUT2D eigenvalue weighted by atomic mass is 10.2. The minimum Gasteiger partial charge on any atom is -0.300 e. The first kappa shape index (κ1) is 18.0. The lowest BCUT2D eigenvalue weighted by molar-refractivity contribution is -0.127. The second-order valence-corrected chi connectivity index (χ2v) is 5.34. The molecule has 0 radical (unpaired) electrons. The molecule has 1 aromatic heterocycles. The van der Waals surface area contributed by atoms with Gasteiger partial charge in [-0.3, -0.25) is 15.4 Å². The molecule has 2 rings (SSSR count). The quantitative estimate of drug-likeness (QED) is 0.817. The van der Waals surface area contributed by atoms with Crippen molar-refractivity contribution in [3.63, 3.8) is 0 Å². The van der Waals surface area contributed by atoms with Crippen molar-refractivity contribution in [2.45, 2.75) is 31.0 Å². The molecule has 1 unspecified atom stereocenters. The van der Waals surface area contributed by atoms with Crippen LogP contribution in [0.15, 0.2) is 0 Å². The second-order valence-electron chi connectivity index (χ2n) is 4.28. The van der Waals surface area contributed by atoms with Crippen molar-refractivity contribution in [3.8, 4) is 0 Å². The van der Waals surface area contributed by atoms with Crippen LogP contribution in [-0.4, -0.2) is 40.8 Å². The van der Waals surface area contributed by atoms with Gasteiger partial charge in [0.25, 0.3) is 5.92 Å². The van der Waals surface area contributed by atoms with Gasteiger partial charge in [-0.15, -0.1) is 22.6 Å². The maximum atomic E-state index is 12.9. The number of alkyl halides is 5. The molecule has 0 bridgehead atoms. The van der Waals surface area contributed by atoms with Crippen molar-refractivity contribution >= 4 is 34.8 Å². The normalized spacial score (nSPS) is 20.9. The van der Waals surface area contributed by atoms with Crippen molar-refractivity contribution in [1.29, 1.82) is 0 Å². The number of nitrogens with zero attached hydrogens (tertiary/aromatic N) is 2. The predicted octanol–water partition coefficient (Wildman–Crippen LogP) is 2.00. The Bertz CT molecular complexity index is 509. The van der Waals surface area contributed by atoms with E-state index in [-0.39, 0.29) is 22.5 Å². The molecule has 21 heavy (non-hydrogen) atoms. The van der Waals surface area contributed by atoms with E-state index in [1.54, 1.807) is 0 Å². The summed E-state index contributed by atoms with van der Waals surface area (Å²) in [5.41, 5.74) is 0. The standard InChI is InChI=1S/C9H9F5N4OS.ClH/c10-8(11)1-4(15-3-8)6(19)16-7-18-17-5(20-7)2-9(12,13)14;/h4,15H,1-3H2,(H,16,18,19);1H. The van der Waals surface area contributed by atoms with Crippen molar-refractivity contribution in [2.24, 2.45) is 0 Å². The number of aromatic nitrogens is 2. The molecule has 1 fully saturated rings. The summed E-state index contributed by atoms with van der Waals surface area (Å²) >= 11 is 0.557. The van der Waals surface area contributed by atoms with Gasteiger partial charge in [0.2, 0.25) is 11.0 Å². The topological polar surface area (TPSA) is 66.9 Å². The highest BCUT2D eigenvalue weighted by Gasteiger charge is 2.42. The van der Waals surface area contributed by atoms with Gasteiger partial charge in [-0.05, 0) is 0 Å². The zero-order valence-corrected chi connectivity index (χ0v) is 11.8. The first-order valence-electron chi connectivity index (χ1n) is 5.46. The molecule has 12 heteroatoms. The molecule has 0 spiro atoms. The minimum absolute atomic E-state index is 0. The summed E-state index contributed by atoms with van der Waals surface area (Å²) in [4.78, 5) is 11.6. The number of carbonyl (C=O) groups is 1. The third kappa shape index (κ3) is 5.32. The minimum atomic E-state index is -4.42. The highest BCUT2D eigenvalue weighted by molar-refractivity contribution is 7.15. The average molecular weight is 353 g/mol. The van der Waals surface area contributed by atoms with Crippen LogP contribution in [0.25, 0.3) is 0 Å². The maximum Gasteiger partial charge on any atom is 0.395 e. The lowest BCUT2D eigenvalue weighted by Crippen LogP contribution is -2.35. The summed E-state index contributed by atoms with van der Waals surface area (Å²) in [7, 11) is 0. The zero-order valence-electron chi connectivity index (χ0n) is 10.2. The smallest absolute Gasteiger partial charge is 0.300 e. The Kier molecular flexibility index (Phi) is 5.45. The zero-order chi connectivity index (χ0) is 15.0. The molecule has 5 nitrogen and oxygen atoms in total. The molecule has 1 aliphatic heterocycles. The molecule has 1 amide bonds. The highest BCUT2D eigenvalue weighted by atomic mass is 35.5. The monoisotopic (exact) mass is 352 g/mol.